The van der Waals surface area contributed by atoms with Gasteiger partial charge in [-0.05, 0) is 12.8 Å². The molecule has 1 aliphatic heterocycles. The summed E-state index contributed by atoms with van der Waals surface area (Å²) in [5, 5.41) is 0. The summed E-state index contributed by atoms with van der Waals surface area (Å²) in [6.45, 7) is 0.841. The lowest BCUT2D eigenvalue weighted by Gasteiger charge is -2.15. The first-order valence-electron chi connectivity index (χ1n) is 6.22. The van der Waals surface area contributed by atoms with E-state index >= 15 is 0 Å². The second-order valence-corrected chi connectivity index (χ2v) is 4.57. The highest BCUT2D eigenvalue weighted by molar-refractivity contribution is 6.10. The number of hydrogen-bond donors (Lipinski definition) is 1. The Bertz CT molecular complexity index is 587. The van der Waals surface area contributed by atoms with Gasteiger partial charge in [0.1, 0.15) is 11.5 Å². The van der Waals surface area contributed by atoms with Crippen LogP contribution in [-0.2, 0) is 13.0 Å². The Balaban J connectivity index is 2.07. The summed E-state index contributed by atoms with van der Waals surface area (Å²) in [5.41, 5.74) is 7.12. The highest BCUT2D eigenvalue weighted by atomic mass is 16.1. The van der Waals surface area contributed by atoms with Crippen molar-refractivity contribution in [2.24, 2.45) is 0 Å². The van der Waals surface area contributed by atoms with E-state index in [9.17, 15) is 4.79 Å². The average Bonchev–Trinajstić information content (AvgIpc) is 2.75. The van der Waals surface area contributed by atoms with E-state index in [4.69, 9.17) is 5.73 Å². The first-order valence-corrected chi connectivity index (χ1v) is 6.22. The number of ketones is 1. The summed E-state index contributed by atoms with van der Waals surface area (Å²) in [4.78, 5) is 16.8. The topological polar surface area (TPSA) is 60.9 Å². The van der Waals surface area contributed by atoms with Gasteiger partial charge in [-0.2, -0.15) is 0 Å². The monoisotopic (exact) mass is 241 g/mol. The molecule has 0 bridgehead atoms. The van der Waals surface area contributed by atoms with Crippen LogP contribution >= 0.6 is 0 Å². The maximum absolute atomic E-state index is 12.5. The largest absolute Gasteiger partial charge is 0.382 e. The second-order valence-electron chi connectivity index (χ2n) is 4.57. The molecule has 0 spiro atoms. The normalized spacial score (nSPS) is 14.2. The summed E-state index contributed by atoms with van der Waals surface area (Å²) < 4.78 is 1.98. The molecule has 0 fully saturated rings. The molecule has 1 aromatic heterocycles. The summed E-state index contributed by atoms with van der Waals surface area (Å²) in [7, 11) is 0. The molecule has 4 heteroatoms. The van der Waals surface area contributed by atoms with Crippen molar-refractivity contribution in [3.8, 4) is 0 Å². The molecule has 4 nitrogen and oxygen atoms in total. The molecule has 0 amide bonds. The van der Waals surface area contributed by atoms with Gasteiger partial charge in [-0.1, -0.05) is 30.3 Å². The average molecular weight is 241 g/mol. The Morgan fingerprint density at radius 1 is 1.22 bits per heavy atom. The number of aryl methyl sites for hydroxylation is 1. The van der Waals surface area contributed by atoms with Crippen molar-refractivity contribution >= 4 is 11.6 Å². The third-order valence-corrected chi connectivity index (χ3v) is 3.36. The fourth-order valence-electron chi connectivity index (χ4n) is 2.47. The molecule has 2 aromatic rings. The van der Waals surface area contributed by atoms with Gasteiger partial charge in [-0.3, -0.25) is 4.79 Å². The van der Waals surface area contributed by atoms with Crippen LogP contribution < -0.4 is 5.73 Å². The Labute approximate surface area is 105 Å². The minimum absolute atomic E-state index is 0.0336. The van der Waals surface area contributed by atoms with Crippen LogP contribution in [0.15, 0.2) is 30.3 Å². The van der Waals surface area contributed by atoms with E-state index in [1.807, 2.05) is 34.9 Å². The Hall–Kier alpha value is -2.10. The van der Waals surface area contributed by atoms with Crippen molar-refractivity contribution in [2.45, 2.75) is 25.8 Å². The van der Waals surface area contributed by atoms with Crippen LogP contribution in [0.2, 0.25) is 0 Å². The van der Waals surface area contributed by atoms with Crippen molar-refractivity contribution in [1.82, 2.24) is 9.55 Å². The minimum atomic E-state index is -0.0336. The molecule has 0 unspecified atom stereocenters. The first kappa shape index (κ1) is 11.0. The predicted octanol–water partition coefficient (Wildman–Crippen LogP) is 2.03. The molecule has 0 saturated heterocycles. The zero-order valence-electron chi connectivity index (χ0n) is 10.1. The number of aromatic nitrogens is 2. The summed E-state index contributed by atoms with van der Waals surface area (Å²) in [6, 6.07) is 9.23. The molecule has 0 aliphatic carbocycles. The zero-order valence-corrected chi connectivity index (χ0v) is 10.1. The summed E-state index contributed by atoms with van der Waals surface area (Å²) in [5.74, 6) is 1.27. The van der Waals surface area contributed by atoms with E-state index in [0.717, 1.165) is 31.6 Å². The molecule has 1 aromatic carbocycles. The first-order chi connectivity index (χ1) is 8.77. The molecular formula is C14H15N3O. The number of fused-ring (bicyclic) bond motifs is 1. The van der Waals surface area contributed by atoms with Crippen LogP contribution in [0.3, 0.4) is 0 Å². The number of hydrogen-bond acceptors (Lipinski definition) is 3. The third kappa shape index (κ3) is 1.70. The zero-order chi connectivity index (χ0) is 12.5. The number of rotatable bonds is 2. The molecule has 92 valence electrons. The molecule has 2 N–H and O–H groups in total. The van der Waals surface area contributed by atoms with E-state index < -0.39 is 0 Å². The number of benzene rings is 1. The number of imidazole rings is 1. The van der Waals surface area contributed by atoms with E-state index in [1.54, 1.807) is 0 Å². The van der Waals surface area contributed by atoms with Gasteiger partial charge in [0.2, 0.25) is 5.78 Å². The van der Waals surface area contributed by atoms with Crippen molar-refractivity contribution in [3.63, 3.8) is 0 Å². The van der Waals surface area contributed by atoms with Gasteiger partial charge in [-0.25, -0.2) is 4.98 Å². The minimum Gasteiger partial charge on any atom is -0.382 e. The lowest BCUT2D eigenvalue weighted by atomic mass is 10.1. The van der Waals surface area contributed by atoms with Crippen molar-refractivity contribution in [1.29, 1.82) is 0 Å². The quantitative estimate of drug-likeness (QED) is 0.818. The smallest absolute Gasteiger partial charge is 0.213 e. The fourth-order valence-corrected chi connectivity index (χ4v) is 2.47. The number of nitrogen functional groups attached to an aromatic ring is 1. The molecule has 1 aliphatic rings. The van der Waals surface area contributed by atoms with E-state index in [2.05, 4.69) is 4.98 Å². The van der Waals surface area contributed by atoms with Gasteiger partial charge >= 0.3 is 0 Å². The van der Waals surface area contributed by atoms with Gasteiger partial charge in [0.05, 0.1) is 0 Å². The van der Waals surface area contributed by atoms with Gasteiger partial charge in [0.15, 0.2) is 5.82 Å². The van der Waals surface area contributed by atoms with Crippen molar-refractivity contribution in [3.05, 3.63) is 47.4 Å². The van der Waals surface area contributed by atoms with Crippen LogP contribution in [0, 0.1) is 0 Å². The van der Waals surface area contributed by atoms with Crippen LogP contribution in [0.5, 0.6) is 0 Å². The molecule has 0 radical (unpaired) electrons. The molecule has 0 saturated carbocycles. The van der Waals surface area contributed by atoms with Crippen LogP contribution in [0.25, 0.3) is 0 Å². The Morgan fingerprint density at radius 3 is 2.78 bits per heavy atom. The predicted molar refractivity (Wildman–Crippen MR) is 69.5 cm³/mol. The fraction of sp³-hybridized carbons (Fsp3) is 0.286. The number of anilines is 1. The third-order valence-electron chi connectivity index (χ3n) is 3.36. The van der Waals surface area contributed by atoms with Gasteiger partial charge < -0.3 is 10.3 Å². The second kappa shape index (κ2) is 4.29. The Kier molecular flexibility index (Phi) is 2.63. The van der Waals surface area contributed by atoms with E-state index in [-0.39, 0.29) is 5.78 Å². The standard InChI is InChI=1S/C14H15N3O/c15-14-12(13(18)10-6-2-1-3-7-10)17-9-5-4-8-11(17)16-14/h1-3,6-7H,4-5,8-9,15H2. The number of nitrogens with zero attached hydrogens (tertiary/aromatic N) is 2. The number of carbonyl (C=O) groups excluding carboxylic acids is 1. The highest BCUT2D eigenvalue weighted by Crippen LogP contribution is 2.23. The van der Waals surface area contributed by atoms with Gasteiger partial charge in [0.25, 0.3) is 0 Å². The lowest BCUT2D eigenvalue weighted by molar-refractivity contribution is 0.103. The maximum Gasteiger partial charge on any atom is 0.213 e. The number of carbonyl (C=O) groups is 1. The molecule has 2 heterocycles. The molecule has 0 atom stereocenters. The van der Waals surface area contributed by atoms with Gasteiger partial charge in [0, 0.05) is 18.5 Å². The lowest BCUT2D eigenvalue weighted by Crippen LogP contribution is -2.17. The SMILES string of the molecule is Nc1nc2n(c1C(=O)c1ccccc1)CCCC2. The van der Waals surface area contributed by atoms with E-state index in [0.29, 0.717) is 17.1 Å². The number of nitrogens with two attached hydrogens (primary N) is 1. The summed E-state index contributed by atoms with van der Waals surface area (Å²) in [6.07, 6.45) is 3.11. The van der Waals surface area contributed by atoms with Crippen LogP contribution in [-0.4, -0.2) is 15.3 Å². The van der Waals surface area contributed by atoms with Crippen LogP contribution in [0.4, 0.5) is 5.82 Å². The van der Waals surface area contributed by atoms with Crippen LogP contribution in [0.1, 0.15) is 34.7 Å². The molecular weight excluding hydrogens is 226 g/mol. The van der Waals surface area contributed by atoms with E-state index in [1.165, 1.54) is 0 Å². The molecule has 18 heavy (non-hydrogen) atoms. The summed E-state index contributed by atoms with van der Waals surface area (Å²) >= 11 is 0. The highest BCUT2D eigenvalue weighted by Gasteiger charge is 2.23. The Morgan fingerprint density at radius 2 is 2.00 bits per heavy atom. The van der Waals surface area contributed by atoms with Crippen molar-refractivity contribution < 1.29 is 4.79 Å². The molecule has 3 rings (SSSR count). The van der Waals surface area contributed by atoms with Gasteiger partial charge in [-0.15, -0.1) is 0 Å². The van der Waals surface area contributed by atoms with Crippen molar-refractivity contribution in [2.75, 3.05) is 5.73 Å². The maximum atomic E-state index is 12.5.